The topological polar surface area (TPSA) is 109 Å². The Kier molecular flexibility index (Phi) is 5.97. The van der Waals surface area contributed by atoms with Gasteiger partial charge in [-0.3, -0.25) is 4.72 Å². The number of nitrogens with zero attached hydrogens (tertiary/aromatic N) is 2. The first-order valence-electron chi connectivity index (χ1n) is 8.80. The Balaban J connectivity index is 2.11. The van der Waals surface area contributed by atoms with Crippen molar-refractivity contribution in [2.24, 2.45) is 0 Å². The lowest BCUT2D eigenvalue weighted by Gasteiger charge is -2.16. The lowest BCUT2D eigenvalue weighted by atomic mass is 10.1. The van der Waals surface area contributed by atoms with Crippen LogP contribution in [0.1, 0.15) is 16.1 Å². The van der Waals surface area contributed by atoms with Crippen LogP contribution in [0.2, 0.25) is 0 Å². The molecule has 0 aliphatic heterocycles. The second kappa shape index (κ2) is 8.46. The predicted octanol–water partition coefficient (Wildman–Crippen LogP) is 2.79. The van der Waals surface area contributed by atoms with E-state index in [-0.39, 0.29) is 27.8 Å². The Hall–Kier alpha value is -3.53. The Morgan fingerprint density at radius 1 is 1.03 bits per heavy atom. The molecule has 0 amide bonds. The molecule has 0 spiro atoms. The van der Waals surface area contributed by atoms with Gasteiger partial charge in [0.2, 0.25) is 0 Å². The van der Waals surface area contributed by atoms with E-state index < -0.39 is 16.0 Å². The van der Waals surface area contributed by atoms with Crippen LogP contribution in [0.15, 0.2) is 53.4 Å². The number of sulfonamides is 1. The van der Waals surface area contributed by atoms with Crippen LogP contribution in [0.4, 0.5) is 5.82 Å². The maximum absolute atomic E-state index is 13.2. The lowest BCUT2D eigenvalue weighted by Crippen LogP contribution is -2.18. The van der Waals surface area contributed by atoms with Gasteiger partial charge in [0.05, 0.1) is 32.7 Å². The van der Waals surface area contributed by atoms with Crippen LogP contribution in [0.25, 0.3) is 5.69 Å². The molecule has 0 unspecified atom stereocenters. The summed E-state index contributed by atoms with van der Waals surface area (Å²) in [6.45, 7) is 1.75. The molecule has 0 radical (unpaired) electrons. The number of hydrogen-bond acceptors (Lipinski definition) is 7. The Morgan fingerprint density at radius 3 is 2.33 bits per heavy atom. The van der Waals surface area contributed by atoms with Crippen LogP contribution < -0.4 is 14.2 Å². The van der Waals surface area contributed by atoms with Gasteiger partial charge in [0, 0.05) is 6.07 Å². The molecule has 0 fully saturated rings. The van der Waals surface area contributed by atoms with Gasteiger partial charge in [-0.15, -0.1) is 0 Å². The van der Waals surface area contributed by atoms with Crippen LogP contribution in [0.3, 0.4) is 0 Å². The summed E-state index contributed by atoms with van der Waals surface area (Å²) in [6.07, 6.45) is 0. The van der Waals surface area contributed by atoms with Crippen LogP contribution in [-0.2, 0) is 14.8 Å². The fourth-order valence-electron chi connectivity index (χ4n) is 2.96. The molecule has 158 valence electrons. The monoisotopic (exact) mass is 431 g/mol. The number of hydrogen-bond donors (Lipinski definition) is 1. The highest BCUT2D eigenvalue weighted by atomic mass is 32.2. The third-order valence-electron chi connectivity index (χ3n) is 4.26. The third-order valence-corrected chi connectivity index (χ3v) is 5.64. The summed E-state index contributed by atoms with van der Waals surface area (Å²) in [7, 11) is -0.361. The van der Waals surface area contributed by atoms with Crippen LogP contribution in [0, 0.1) is 6.92 Å². The van der Waals surface area contributed by atoms with E-state index in [9.17, 15) is 13.2 Å². The summed E-state index contributed by atoms with van der Waals surface area (Å²) in [5.41, 5.74) is 1.17. The van der Waals surface area contributed by atoms with Crippen molar-refractivity contribution >= 4 is 21.8 Å². The van der Waals surface area contributed by atoms with E-state index in [1.54, 1.807) is 25.1 Å². The number of carbonyl (C=O) groups is 1. The number of esters is 1. The Morgan fingerprint density at radius 2 is 1.73 bits per heavy atom. The van der Waals surface area contributed by atoms with Gasteiger partial charge in [0.25, 0.3) is 10.0 Å². The summed E-state index contributed by atoms with van der Waals surface area (Å²) in [6, 6.07) is 13.3. The van der Waals surface area contributed by atoms with E-state index in [0.717, 1.165) is 0 Å². The van der Waals surface area contributed by atoms with Gasteiger partial charge >= 0.3 is 5.97 Å². The first-order chi connectivity index (χ1) is 14.3. The summed E-state index contributed by atoms with van der Waals surface area (Å²) >= 11 is 0. The zero-order chi connectivity index (χ0) is 21.9. The number of anilines is 1. The lowest BCUT2D eigenvalue weighted by molar-refractivity contribution is 0.0592. The number of ether oxygens (including phenoxy) is 3. The maximum atomic E-state index is 13.2. The predicted molar refractivity (Wildman–Crippen MR) is 110 cm³/mol. The molecule has 0 saturated carbocycles. The van der Waals surface area contributed by atoms with Crippen molar-refractivity contribution in [3.63, 3.8) is 0 Å². The molecule has 0 aliphatic rings. The zero-order valence-electron chi connectivity index (χ0n) is 16.9. The second-order valence-corrected chi connectivity index (χ2v) is 7.84. The van der Waals surface area contributed by atoms with E-state index in [1.807, 2.05) is 18.2 Å². The Bertz CT molecular complexity index is 1170. The molecule has 0 atom stereocenters. The van der Waals surface area contributed by atoms with Crippen LogP contribution in [0.5, 0.6) is 11.5 Å². The van der Waals surface area contributed by atoms with Crippen molar-refractivity contribution in [3.05, 3.63) is 59.8 Å². The van der Waals surface area contributed by atoms with E-state index in [1.165, 1.54) is 38.1 Å². The highest BCUT2D eigenvalue weighted by molar-refractivity contribution is 7.92. The van der Waals surface area contributed by atoms with Crippen molar-refractivity contribution in [2.75, 3.05) is 26.1 Å². The van der Waals surface area contributed by atoms with Gasteiger partial charge in [-0.1, -0.05) is 18.2 Å². The summed E-state index contributed by atoms with van der Waals surface area (Å²) < 4.78 is 45.6. The van der Waals surface area contributed by atoms with E-state index >= 15 is 0 Å². The normalized spacial score (nSPS) is 11.1. The number of rotatable bonds is 7. The largest absolute Gasteiger partial charge is 0.496 e. The van der Waals surface area contributed by atoms with Crippen molar-refractivity contribution < 1.29 is 27.4 Å². The number of carbonyl (C=O) groups excluding carboxylic acids is 1. The molecule has 0 saturated heterocycles. The molecule has 1 aromatic heterocycles. The fourth-order valence-corrected chi connectivity index (χ4v) is 4.16. The molecule has 0 aliphatic carbocycles. The van der Waals surface area contributed by atoms with Gasteiger partial charge in [-0.2, -0.15) is 5.10 Å². The van der Waals surface area contributed by atoms with Crippen molar-refractivity contribution in [1.29, 1.82) is 0 Å². The highest BCUT2D eigenvalue weighted by Crippen LogP contribution is 2.36. The minimum atomic E-state index is -4.16. The molecule has 2 aromatic carbocycles. The zero-order valence-corrected chi connectivity index (χ0v) is 17.7. The third kappa shape index (κ3) is 3.94. The van der Waals surface area contributed by atoms with Crippen molar-refractivity contribution in [1.82, 2.24) is 9.78 Å². The first kappa shape index (κ1) is 21.2. The SMILES string of the molecule is COC(=O)c1c(OC)ccc(S(=O)(=O)Nc2cc(C)nn2-c2ccccc2)c1OC. The Labute approximate surface area is 174 Å². The molecule has 1 heterocycles. The number of aryl methyl sites for hydroxylation is 1. The molecule has 3 aromatic rings. The van der Waals surface area contributed by atoms with Gasteiger partial charge in [-0.25, -0.2) is 17.9 Å². The highest BCUT2D eigenvalue weighted by Gasteiger charge is 2.29. The average molecular weight is 431 g/mol. The first-order valence-corrected chi connectivity index (χ1v) is 10.3. The number of methoxy groups -OCH3 is 3. The molecule has 1 N–H and O–H groups in total. The number of nitrogens with one attached hydrogen (secondary N) is 1. The smallest absolute Gasteiger partial charge is 0.345 e. The van der Waals surface area contributed by atoms with Crippen molar-refractivity contribution in [2.45, 2.75) is 11.8 Å². The molecule has 0 bridgehead atoms. The minimum Gasteiger partial charge on any atom is -0.496 e. The van der Waals surface area contributed by atoms with Crippen LogP contribution >= 0.6 is 0 Å². The van der Waals surface area contributed by atoms with Gasteiger partial charge < -0.3 is 14.2 Å². The molecule has 3 rings (SSSR count). The van der Waals surface area contributed by atoms with Gasteiger partial charge in [0.1, 0.15) is 22.0 Å². The maximum Gasteiger partial charge on any atom is 0.345 e. The van der Waals surface area contributed by atoms with Crippen molar-refractivity contribution in [3.8, 4) is 17.2 Å². The van der Waals surface area contributed by atoms with Gasteiger partial charge in [-0.05, 0) is 31.2 Å². The number of benzene rings is 2. The molecular weight excluding hydrogens is 410 g/mol. The quantitative estimate of drug-likeness (QED) is 0.573. The fraction of sp³-hybridized carbons (Fsp3) is 0.200. The average Bonchev–Trinajstić information content (AvgIpc) is 3.11. The van der Waals surface area contributed by atoms with E-state index in [0.29, 0.717) is 11.4 Å². The molecule has 9 nitrogen and oxygen atoms in total. The van der Waals surface area contributed by atoms with E-state index in [4.69, 9.17) is 14.2 Å². The molecular formula is C20H21N3O6S. The summed E-state index contributed by atoms with van der Waals surface area (Å²) in [5.74, 6) is -0.610. The molecule has 30 heavy (non-hydrogen) atoms. The number of para-hydroxylation sites is 1. The summed E-state index contributed by atoms with van der Waals surface area (Å²) in [5, 5.41) is 4.35. The second-order valence-electron chi connectivity index (χ2n) is 6.19. The van der Waals surface area contributed by atoms with Gasteiger partial charge in [0.15, 0.2) is 5.75 Å². The summed E-state index contributed by atoms with van der Waals surface area (Å²) in [4.78, 5) is 12.0. The minimum absolute atomic E-state index is 0.127. The number of aromatic nitrogens is 2. The van der Waals surface area contributed by atoms with Crippen LogP contribution in [-0.4, -0.2) is 45.5 Å². The standard InChI is InChI=1S/C20H21N3O6S/c1-13-12-17(23(21-13)14-8-6-5-7-9-14)22-30(25,26)16-11-10-15(27-2)18(19(16)28-3)20(24)29-4/h5-12,22H,1-4H3. The molecule has 10 heteroatoms. The van der Waals surface area contributed by atoms with E-state index in [2.05, 4.69) is 9.82 Å².